The average Bonchev–Trinajstić information content (AvgIpc) is 2.28. The molecule has 0 aliphatic carbocycles. The molecule has 3 nitrogen and oxygen atoms in total. The number of anilines is 1. The molecule has 0 spiro atoms. The smallest absolute Gasteiger partial charge is 0.244 e. The van der Waals surface area contributed by atoms with Gasteiger partial charge in [0, 0.05) is 12.7 Å². The number of hydrogen-bond acceptors (Lipinski definition) is 2. The lowest BCUT2D eigenvalue weighted by Gasteiger charge is -2.22. The van der Waals surface area contributed by atoms with Gasteiger partial charge < -0.3 is 4.90 Å². The van der Waals surface area contributed by atoms with Crippen LogP contribution in [-0.2, 0) is 4.79 Å². The predicted octanol–water partition coefficient (Wildman–Crippen LogP) is 2.75. The zero-order valence-corrected chi connectivity index (χ0v) is 10.8. The fourth-order valence-electron chi connectivity index (χ4n) is 1.66. The highest BCUT2D eigenvalue weighted by Gasteiger charge is 2.25. The molecule has 1 rings (SSSR count). The molecule has 0 bridgehead atoms. The highest BCUT2D eigenvalue weighted by atomic mass is 16.2. The van der Waals surface area contributed by atoms with E-state index in [1.54, 1.807) is 11.9 Å². The zero-order valence-electron chi connectivity index (χ0n) is 10.8. The summed E-state index contributed by atoms with van der Waals surface area (Å²) in [6.07, 6.45) is 0. The molecular formula is C14H18N2O. The van der Waals surface area contributed by atoms with Crippen LogP contribution in [0.2, 0.25) is 0 Å². The van der Waals surface area contributed by atoms with E-state index < -0.39 is 5.92 Å². The zero-order chi connectivity index (χ0) is 13.0. The van der Waals surface area contributed by atoms with E-state index in [1.165, 1.54) is 0 Å². The Hall–Kier alpha value is -1.82. The monoisotopic (exact) mass is 230 g/mol. The van der Waals surface area contributed by atoms with Crippen LogP contribution in [0.1, 0.15) is 19.4 Å². The first kappa shape index (κ1) is 13.2. The molecule has 0 aliphatic rings. The van der Waals surface area contributed by atoms with E-state index in [-0.39, 0.29) is 11.8 Å². The molecule has 0 N–H and O–H groups in total. The summed E-state index contributed by atoms with van der Waals surface area (Å²) in [6, 6.07) is 9.77. The second-order valence-electron chi connectivity index (χ2n) is 4.59. The van der Waals surface area contributed by atoms with Crippen LogP contribution in [0.3, 0.4) is 0 Å². The van der Waals surface area contributed by atoms with Crippen molar-refractivity contribution in [2.24, 2.45) is 11.8 Å². The van der Waals surface area contributed by atoms with E-state index in [0.29, 0.717) is 0 Å². The van der Waals surface area contributed by atoms with E-state index >= 15 is 0 Å². The Morgan fingerprint density at radius 1 is 1.41 bits per heavy atom. The van der Waals surface area contributed by atoms with E-state index in [1.807, 2.05) is 45.0 Å². The number of amides is 1. The third-order valence-corrected chi connectivity index (χ3v) is 2.79. The molecule has 0 aromatic heterocycles. The minimum absolute atomic E-state index is 0.0276. The molecule has 0 radical (unpaired) electrons. The SMILES string of the molecule is Cc1cccc(N(C)C(=O)C(C#N)C(C)C)c1. The van der Waals surface area contributed by atoms with Crippen LogP contribution in [0.4, 0.5) is 5.69 Å². The fraction of sp³-hybridized carbons (Fsp3) is 0.429. The van der Waals surface area contributed by atoms with Gasteiger partial charge in [-0.15, -0.1) is 0 Å². The maximum atomic E-state index is 12.1. The number of benzene rings is 1. The molecule has 3 heteroatoms. The van der Waals surface area contributed by atoms with Crippen molar-refractivity contribution in [1.82, 2.24) is 0 Å². The van der Waals surface area contributed by atoms with Gasteiger partial charge >= 0.3 is 0 Å². The van der Waals surface area contributed by atoms with Gasteiger partial charge in [0.15, 0.2) is 0 Å². The van der Waals surface area contributed by atoms with Gasteiger partial charge in [-0.2, -0.15) is 5.26 Å². The number of hydrogen-bond donors (Lipinski definition) is 0. The van der Waals surface area contributed by atoms with Crippen LogP contribution >= 0.6 is 0 Å². The second kappa shape index (κ2) is 5.49. The highest BCUT2D eigenvalue weighted by Crippen LogP contribution is 2.19. The molecule has 0 heterocycles. The van der Waals surface area contributed by atoms with Crippen molar-refractivity contribution in [2.75, 3.05) is 11.9 Å². The lowest BCUT2D eigenvalue weighted by Crippen LogP contribution is -2.34. The Morgan fingerprint density at radius 3 is 2.53 bits per heavy atom. The van der Waals surface area contributed by atoms with Crippen molar-refractivity contribution >= 4 is 11.6 Å². The van der Waals surface area contributed by atoms with Gasteiger partial charge in [-0.25, -0.2) is 0 Å². The quantitative estimate of drug-likeness (QED) is 0.801. The second-order valence-corrected chi connectivity index (χ2v) is 4.59. The van der Waals surface area contributed by atoms with Crippen LogP contribution in [0.15, 0.2) is 24.3 Å². The normalized spacial score (nSPS) is 12.0. The summed E-state index contributed by atoms with van der Waals surface area (Å²) in [4.78, 5) is 13.7. The summed E-state index contributed by atoms with van der Waals surface area (Å²) in [5, 5.41) is 9.02. The molecule has 0 saturated carbocycles. The lowest BCUT2D eigenvalue weighted by atomic mass is 9.96. The van der Waals surface area contributed by atoms with Gasteiger partial charge in [0.25, 0.3) is 0 Å². The molecule has 0 aliphatic heterocycles. The standard InChI is InChI=1S/C14H18N2O/c1-10(2)13(9-15)14(17)16(4)12-7-5-6-11(3)8-12/h5-8,10,13H,1-4H3. The number of nitrogens with zero attached hydrogens (tertiary/aromatic N) is 2. The van der Waals surface area contributed by atoms with E-state index in [4.69, 9.17) is 5.26 Å². The van der Waals surface area contributed by atoms with Crippen LogP contribution in [-0.4, -0.2) is 13.0 Å². The molecule has 17 heavy (non-hydrogen) atoms. The van der Waals surface area contributed by atoms with Gasteiger partial charge in [0.1, 0.15) is 5.92 Å². The minimum atomic E-state index is -0.583. The molecule has 1 atom stereocenters. The third kappa shape index (κ3) is 3.07. The minimum Gasteiger partial charge on any atom is -0.314 e. The van der Waals surface area contributed by atoms with Crippen molar-refractivity contribution in [3.05, 3.63) is 29.8 Å². The highest BCUT2D eigenvalue weighted by molar-refractivity contribution is 5.96. The van der Waals surface area contributed by atoms with E-state index in [2.05, 4.69) is 6.07 Å². The number of aryl methyl sites for hydroxylation is 1. The molecule has 0 saturated heterocycles. The summed E-state index contributed by atoms with van der Waals surface area (Å²) in [6.45, 7) is 5.75. The summed E-state index contributed by atoms with van der Waals surface area (Å²) >= 11 is 0. The topological polar surface area (TPSA) is 44.1 Å². The molecular weight excluding hydrogens is 212 g/mol. The Kier molecular flexibility index (Phi) is 4.28. The van der Waals surface area contributed by atoms with Crippen LogP contribution in [0.25, 0.3) is 0 Å². The van der Waals surface area contributed by atoms with Gasteiger partial charge in [-0.1, -0.05) is 26.0 Å². The maximum Gasteiger partial charge on any atom is 0.244 e. The Bertz CT molecular complexity index is 446. The van der Waals surface area contributed by atoms with Crippen LogP contribution in [0.5, 0.6) is 0 Å². The Morgan fingerprint density at radius 2 is 2.06 bits per heavy atom. The van der Waals surface area contributed by atoms with Gasteiger partial charge in [-0.05, 0) is 30.5 Å². The van der Waals surface area contributed by atoms with Crippen LogP contribution in [0, 0.1) is 30.1 Å². The van der Waals surface area contributed by atoms with Crippen molar-refractivity contribution < 1.29 is 4.79 Å². The van der Waals surface area contributed by atoms with Gasteiger partial charge in [0.05, 0.1) is 6.07 Å². The summed E-state index contributed by atoms with van der Waals surface area (Å²) < 4.78 is 0. The van der Waals surface area contributed by atoms with Crippen LogP contribution < -0.4 is 4.90 Å². The Labute approximate surface area is 103 Å². The molecule has 0 fully saturated rings. The average molecular weight is 230 g/mol. The molecule has 1 amide bonds. The van der Waals surface area contributed by atoms with E-state index in [9.17, 15) is 4.79 Å². The molecule has 90 valence electrons. The number of nitriles is 1. The summed E-state index contributed by atoms with van der Waals surface area (Å²) in [5.41, 5.74) is 1.93. The van der Waals surface area contributed by atoms with Crippen molar-refractivity contribution in [1.29, 1.82) is 5.26 Å². The fourth-order valence-corrected chi connectivity index (χ4v) is 1.66. The first-order chi connectivity index (χ1) is 7.97. The summed E-state index contributed by atoms with van der Waals surface area (Å²) in [5.74, 6) is -0.701. The molecule has 1 unspecified atom stereocenters. The maximum absolute atomic E-state index is 12.1. The predicted molar refractivity (Wildman–Crippen MR) is 68.5 cm³/mol. The first-order valence-corrected chi connectivity index (χ1v) is 5.71. The number of carbonyl (C=O) groups is 1. The largest absolute Gasteiger partial charge is 0.314 e. The van der Waals surface area contributed by atoms with Crippen molar-refractivity contribution in [3.8, 4) is 6.07 Å². The number of rotatable bonds is 3. The number of carbonyl (C=O) groups excluding carboxylic acids is 1. The van der Waals surface area contributed by atoms with E-state index in [0.717, 1.165) is 11.3 Å². The van der Waals surface area contributed by atoms with Crippen molar-refractivity contribution in [2.45, 2.75) is 20.8 Å². The molecule has 1 aromatic rings. The first-order valence-electron chi connectivity index (χ1n) is 5.71. The van der Waals surface area contributed by atoms with Gasteiger partial charge in [-0.3, -0.25) is 4.79 Å². The molecule has 1 aromatic carbocycles. The lowest BCUT2D eigenvalue weighted by molar-refractivity contribution is -0.121. The summed E-state index contributed by atoms with van der Waals surface area (Å²) in [7, 11) is 1.71. The van der Waals surface area contributed by atoms with Crippen molar-refractivity contribution in [3.63, 3.8) is 0 Å². The third-order valence-electron chi connectivity index (χ3n) is 2.79. The van der Waals surface area contributed by atoms with Gasteiger partial charge in [0.2, 0.25) is 5.91 Å². The Balaban J connectivity index is 2.94.